The second-order valence-electron chi connectivity index (χ2n) is 2.76. The van der Waals surface area contributed by atoms with Crippen LogP contribution >= 0.6 is 0 Å². The highest BCUT2D eigenvalue weighted by Gasteiger charge is 1.98. The molecule has 0 aliphatic heterocycles. The number of hydrogen-bond acceptors (Lipinski definition) is 0. The van der Waals surface area contributed by atoms with Crippen molar-refractivity contribution >= 4 is 0 Å². The van der Waals surface area contributed by atoms with Gasteiger partial charge in [0, 0.05) is 5.92 Å². The third kappa shape index (κ3) is 1.94. The number of aryl methyl sites for hydroxylation is 1. The zero-order chi connectivity index (χ0) is 8.27. The molecule has 0 amide bonds. The van der Waals surface area contributed by atoms with E-state index >= 15 is 0 Å². The van der Waals surface area contributed by atoms with E-state index in [2.05, 4.69) is 38.6 Å². The lowest BCUT2D eigenvalue weighted by molar-refractivity contribution is 1.08. The van der Waals surface area contributed by atoms with E-state index in [1.54, 1.807) is 0 Å². The Morgan fingerprint density at radius 2 is 2.18 bits per heavy atom. The Balaban J connectivity index is 2.95. The molecule has 1 radical (unpaired) electrons. The summed E-state index contributed by atoms with van der Waals surface area (Å²) < 4.78 is 0. The van der Waals surface area contributed by atoms with E-state index in [0.717, 1.165) is 0 Å². The van der Waals surface area contributed by atoms with Crippen LogP contribution in [0, 0.1) is 13.8 Å². The predicted octanol–water partition coefficient (Wildman–Crippen LogP) is 3.10. The average molecular weight is 145 g/mol. The third-order valence-corrected chi connectivity index (χ3v) is 1.75. The van der Waals surface area contributed by atoms with Crippen molar-refractivity contribution in [1.82, 2.24) is 0 Å². The standard InChI is InChI=1S/C11H13/c1-4-10(3)11-7-5-6-9(2)8-11/h4-8,10H,1,3H2,2H3. The predicted molar refractivity (Wildman–Crippen MR) is 49.5 cm³/mol. The SMILES string of the molecule is [CH2]C(C=C)c1cccc(C)c1. The van der Waals surface area contributed by atoms with Crippen LogP contribution in [0.15, 0.2) is 36.9 Å². The van der Waals surface area contributed by atoms with Crippen LogP contribution in [0.2, 0.25) is 0 Å². The van der Waals surface area contributed by atoms with E-state index in [-0.39, 0.29) is 5.92 Å². The molecular formula is C11H13. The molecule has 1 aromatic carbocycles. The van der Waals surface area contributed by atoms with Gasteiger partial charge in [-0.05, 0) is 19.4 Å². The second kappa shape index (κ2) is 3.38. The molecule has 0 heteroatoms. The van der Waals surface area contributed by atoms with Gasteiger partial charge in [-0.15, -0.1) is 6.58 Å². The molecule has 0 aromatic heterocycles. The minimum Gasteiger partial charge on any atom is -0.102 e. The molecule has 0 bridgehead atoms. The van der Waals surface area contributed by atoms with Gasteiger partial charge in [0.05, 0.1) is 0 Å². The van der Waals surface area contributed by atoms with Gasteiger partial charge >= 0.3 is 0 Å². The Kier molecular flexibility index (Phi) is 2.48. The molecule has 1 rings (SSSR count). The Bertz CT molecular complexity index is 248. The molecule has 0 heterocycles. The van der Waals surface area contributed by atoms with E-state index in [9.17, 15) is 0 Å². The molecule has 0 N–H and O–H groups in total. The van der Waals surface area contributed by atoms with Crippen molar-refractivity contribution in [2.24, 2.45) is 0 Å². The van der Waals surface area contributed by atoms with Crippen molar-refractivity contribution in [1.29, 1.82) is 0 Å². The second-order valence-corrected chi connectivity index (χ2v) is 2.76. The lowest BCUT2D eigenvalue weighted by atomic mass is 10.00. The summed E-state index contributed by atoms with van der Waals surface area (Å²) in [5.74, 6) is 0.217. The van der Waals surface area contributed by atoms with Crippen molar-refractivity contribution in [3.05, 3.63) is 55.0 Å². The first-order chi connectivity index (χ1) is 5.24. The van der Waals surface area contributed by atoms with Crippen molar-refractivity contribution in [2.45, 2.75) is 12.8 Å². The minimum absolute atomic E-state index is 0.217. The maximum Gasteiger partial charge on any atom is 0.00157 e. The topological polar surface area (TPSA) is 0 Å². The van der Waals surface area contributed by atoms with Crippen molar-refractivity contribution in [2.75, 3.05) is 0 Å². The number of hydrogen-bond donors (Lipinski definition) is 0. The quantitative estimate of drug-likeness (QED) is 0.561. The van der Waals surface area contributed by atoms with E-state index in [4.69, 9.17) is 0 Å². The van der Waals surface area contributed by atoms with E-state index in [1.807, 2.05) is 12.1 Å². The first-order valence-corrected chi connectivity index (χ1v) is 3.76. The van der Waals surface area contributed by atoms with Crippen LogP contribution in [-0.4, -0.2) is 0 Å². The molecule has 0 fully saturated rings. The molecule has 0 saturated carbocycles. The molecular weight excluding hydrogens is 132 g/mol. The summed E-state index contributed by atoms with van der Waals surface area (Å²) in [6.45, 7) is 9.74. The molecule has 57 valence electrons. The number of allylic oxidation sites excluding steroid dienone is 1. The molecule has 1 unspecified atom stereocenters. The first kappa shape index (κ1) is 8.06. The van der Waals surface area contributed by atoms with Gasteiger partial charge in [-0.2, -0.15) is 0 Å². The fourth-order valence-electron chi connectivity index (χ4n) is 1.04. The van der Waals surface area contributed by atoms with Gasteiger partial charge in [-0.3, -0.25) is 0 Å². The molecule has 0 saturated heterocycles. The minimum atomic E-state index is 0.217. The van der Waals surface area contributed by atoms with Crippen LogP contribution in [0.3, 0.4) is 0 Å². The fraction of sp³-hybridized carbons (Fsp3) is 0.182. The highest BCUT2D eigenvalue weighted by atomic mass is 14.0. The molecule has 0 aliphatic carbocycles. The maximum absolute atomic E-state index is 3.95. The summed E-state index contributed by atoms with van der Waals surface area (Å²) in [5.41, 5.74) is 2.51. The normalized spacial score (nSPS) is 12.5. The smallest absolute Gasteiger partial charge is 0.00157 e. The molecule has 0 nitrogen and oxygen atoms in total. The van der Waals surface area contributed by atoms with Crippen LogP contribution in [0.25, 0.3) is 0 Å². The highest BCUT2D eigenvalue weighted by Crippen LogP contribution is 2.15. The van der Waals surface area contributed by atoms with Gasteiger partial charge in [0.1, 0.15) is 0 Å². The molecule has 0 spiro atoms. The summed E-state index contributed by atoms with van der Waals surface area (Å²) in [6, 6.07) is 8.34. The van der Waals surface area contributed by atoms with Crippen LogP contribution in [0.5, 0.6) is 0 Å². The molecule has 0 aliphatic rings. The van der Waals surface area contributed by atoms with Crippen LogP contribution in [-0.2, 0) is 0 Å². The summed E-state index contributed by atoms with van der Waals surface area (Å²) in [5, 5.41) is 0. The van der Waals surface area contributed by atoms with Gasteiger partial charge < -0.3 is 0 Å². The summed E-state index contributed by atoms with van der Waals surface area (Å²) >= 11 is 0. The van der Waals surface area contributed by atoms with Gasteiger partial charge in [-0.25, -0.2) is 0 Å². The van der Waals surface area contributed by atoms with E-state index in [1.165, 1.54) is 11.1 Å². The van der Waals surface area contributed by atoms with Gasteiger partial charge in [0.15, 0.2) is 0 Å². The van der Waals surface area contributed by atoms with E-state index < -0.39 is 0 Å². The molecule has 1 atom stereocenters. The van der Waals surface area contributed by atoms with Crippen LogP contribution in [0.1, 0.15) is 17.0 Å². The van der Waals surface area contributed by atoms with Gasteiger partial charge in [-0.1, -0.05) is 35.9 Å². The van der Waals surface area contributed by atoms with Crippen molar-refractivity contribution < 1.29 is 0 Å². The lowest BCUT2D eigenvalue weighted by Gasteiger charge is -2.05. The van der Waals surface area contributed by atoms with E-state index in [0.29, 0.717) is 0 Å². The van der Waals surface area contributed by atoms with Gasteiger partial charge in [0.2, 0.25) is 0 Å². The monoisotopic (exact) mass is 145 g/mol. The largest absolute Gasteiger partial charge is 0.102 e. The van der Waals surface area contributed by atoms with Crippen molar-refractivity contribution in [3.8, 4) is 0 Å². The summed E-state index contributed by atoms with van der Waals surface area (Å²) in [6.07, 6.45) is 1.86. The van der Waals surface area contributed by atoms with Gasteiger partial charge in [0.25, 0.3) is 0 Å². The summed E-state index contributed by atoms with van der Waals surface area (Å²) in [4.78, 5) is 0. The number of rotatable bonds is 2. The zero-order valence-corrected chi connectivity index (χ0v) is 6.88. The zero-order valence-electron chi connectivity index (χ0n) is 6.88. The first-order valence-electron chi connectivity index (χ1n) is 3.76. The molecule has 1 aromatic rings. The maximum atomic E-state index is 3.95. The number of benzene rings is 1. The average Bonchev–Trinajstić information content (AvgIpc) is 2.03. The van der Waals surface area contributed by atoms with Crippen LogP contribution < -0.4 is 0 Å². The lowest BCUT2D eigenvalue weighted by Crippen LogP contribution is -1.88. The fourth-order valence-corrected chi connectivity index (χ4v) is 1.04. The highest BCUT2D eigenvalue weighted by molar-refractivity contribution is 5.28. The Morgan fingerprint density at radius 3 is 2.73 bits per heavy atom. The van der Waals surface area contributed by atoms with Crippen LogP contribution in [0.4, 0.5) is 0 Å². The third-order valence-electron chi connectivity index (χ3n) is 1.75. The van der Waals surface area contributed by atoms with Crippen molar-refractivity contribution in [3.63, 3.8) is 0 Å². The Labute approximate surface area is 68.6 Å². The Morgan fingerprint density at radius 1 is 1.45 bits per heavy atom. The summed E-state index contributed by atoms with van der Waals surface area (Å²) in [7, 11) is 0. The molecule has 11 heavy (non-hydrogen) atoms. The Hall–Kier alpha value is -1.04.